The van der Waals surface area contributed by atoms with Crippen molar-refractivity contribution in [1.29, 1.82) is 0 Å². The molecule has 1 aliphatic heterocycles. The van der Waals surface area contributed by atoms with Crippen molar-refractivity contribution in [2.24, 2.45) is 0 Å². The number of piperidine rings is 1. The summed E-state index contributed by atoms with van der Waals surface area (Å²) in [5.41, 5.74) is 7.58. The minimum absolute atomic E-state index is 0. The van der Waals surface area contributed by atoms with Gasteiger partial charge in [0.2, 0.25) is 11.5 Å². The van der Waals surface area contributed by atoms with Gasteiger partial charge in [-0.25, -0.2) is 4.39 Å². The number of nitro benzene ring substituents is 2. The Labute approximate surface area is 437 Å². The molecule has 1 fully saturated rings. The van der Waals surface area contributed by atoms with Crippen molar-refractivity contribution in [3.8, 4) is 5.69 Å². The van der Waals surface area contributed by atoms with Gasteiger partial charge >= 0.3 is 138 Å². The smallest absolute Gasteiger partial charge is 1.00 e. The molecule has 5 aromatic rings. The summed E-state index contributed by atoms with van der Waals surface area (Å²) in [4.78, 5) is 68.2. The first-order valence-electron chi connectivity index (χ1n) is 14.8. The Balaban J connectivity index is -0.000000203. The van der Waals surface area contributed by atoms with Gasteiger partial charge in [0.25, 0.3) is 23.4 Å². The third kappa shape index (κ3) is 22.4. The van der Waals surface area contributed by atoms with E-state index in [9.17, 15) is 39.0 Å². The molecule has 1 aliphatic rings. The Morgan fingerprint density at radius 3 is 1.71 bits per heavy atom. The molecule has 0 bridgehead atoms. The van der Waals surface area contributed by atoms with Crippen LogP contribution in [-0.2, 0) is 14.5 Å². The molecule has 3 aromatic carbocycles. The predicted octanol–water partition coefficient (Wildman–Crippen LogP) is -0.286. The van der Waals surface area contributed by atoms with Gasteiger partial charge in [-0.05, 0) is 73.5 Å². The van der Waals surface area contributed by atoms with Gasteiger partial charge in [0.15, 0.2) is 0 Å². The van der Waals surface area contributed by atoms with Gasteiger partial charge in [-0.15, -0.1) is 0 Å². The van der Waals surface area contributed by atoms with Gasteiger partial charge in [0.05, 0.1) is 9.85 Å². The van der Waals surface area contributed by atoms with Crippen molar-refractivity contribution >= 4 is 35.1 Å². The molecule has 1 saturated heterocycles. The molecule has 0 atom stereocenters. The van der Waals surface area contributed by atoms with Crippen LogP contribution in [0.4, 0.5) is 27.1 Å². The zero-order chi connectivity index (χ0) is 37.6. The molecule has 55 heavy (non-hydrogen) atoms. The van der Waals surface area contributed by atoms with E-state index in [1.807, 2.05) is 29.2 Å². The number of anilines is 2. The number of non-ortho nitro benzene ring substituents is 2. The van der Waals surface area contributed by atoms with E-state index in [0.29, 0.717) is 12.1 Å². The van der Waals surface area contributed by atoms with Crippen LogP contribution >= 0.6 is 0 Å². The van der Waals surface area contributed by atoms with Crippen LogP contribution in [0.3, 0.4) is 0 Å². The number of aromatic amines is 1. The maximum atomic E-state index is 12.1. The Morgan fingerprint density at radius 1 is 0.782 bits per heavy atom. The van der Waals surface area contributed by atoms with Crippen molar-refractivity contribution in [2.75, 3.05) is 17.2 Å². The molecule has 0 saturated carbocycles. The van der Waals surface area contributed by atoms with Crippen molar-refractivity contribution in [3.63, 3.8) is 0 Å². The van der Waals surface area contributed by atoms with E-state index in [2.05, 4.69) is 9.87 Å². The summed E-state index contributed by atoms with van der Waals surface area (Å²) >= 11 is 0. The van der Waals surface area contributed by atoms with Crippen LogP contribution in [0.5, 0.6) is 0 Å². The molecule has 0 spiro atoms. The first-order chi connectivity index (χ1) is 24.5. The summed E-state index contributed by atoms with van der Waals surface area (Å²) in [6.07, 6.45) is 6.00. The van der Waals surface area contributed by atoms with Gasteiger partial charge in [-0.2, -0.15) is 0 Å². The third-order valence-electron chi connectivity index (χ3n) is 6.45. The number of hydrogen-bond acceptors (Lipinski definition) is 11. The number of hydrogen-bond donors (Lipinski definition) is 2. The molecule has 3 N–H and O–H groups in total. The summed E-state index contributed by atoms with van der Waals surface area (Å²) in [6.45, 7) is 0.656. The predicted molar refractivity (Wildman–Crippen MR) is 200 cm³/mol. The first-order valence-corrected chi connectivity index (χ1v) is 14.8. The summed E-state index contributed by atoms with van der Waals surface area (Å²) < 4.78 is 13.5. The van der Waals surface area contributed by atoms with Crippen molar-refractivity contribution in [2.45, 2.75) is 34.1 Å². The van der Waals surface area contributed by atoms with E-state index >= 15 is 0 Å². The number of carbonyl (C=O) groups excluding carboxylic acids is 2. The van der Waals surface area contributed by atoms with Crippen LogP contribution in [0.1, 0.15) is 37.0 Å². The molecule has 0 unspecified atom stereocenters. The second kappa shape index (κ2) is 32.2. The summed E-state index contributed by atoms with van der Waals surface area (Å²) in [5.74, 6) is -0.244. The van der Waals surface area contributed by atoms with Crippen LogP contribution in [0.2, 0.25) is 0 Å². The number of amides is 1. The van der Waals surface area contributed by atoms with Crippen LogP contribution in [0.25, 0.3) is 5.69 Å². The summed E-state index contributed by atoms with van der Waals surface area (Å²) in [6, 6.07) is 27.4. The Bertz CT molecular complexity index is 1960. The van der Waals surface area contributed by atoms with Gasteiger partial charge < -0.3 is 27.2 Å². The average molecular weight is 1000 g/mol. The van der Waals surface area contributed by atoms with E-state index in [4.69, 9.17) is 15.8 Å². The van der Waals surface area contributed by atoms with E-state index in [1.54, 1.807) is 48.8 Å². The molecule has 3 heterocycles. The Hall–Kier alpha value is -2.91. The van der Waals surface area contributed by atoms with Gasteiger partial charge in [0.1, 0.15) is 5.82 Å². The number of nitro groups is 2. The fourth-order valence-electron chi connectivity index (χ4n) is 4.05. The van der Waals surface area contributed by atoms with Gasteiger partial charge in [0, 0.05) is 80.2 Å². The topological polar surface area (TPSA) is 237 Å². The molecule has 0 radical (unpaired) electrons. The van der Waals surface area contributed by atoms with Crippen molar-refractivity contribution < 1.29 is 175 Å². The molecule has 16 nitrogen and oxygen atoms in total. The number of halogens is 1. The minimum atomic E-state index is -0.570. The summed E-state index contributed by atoms with van der Waals surface area (Å²) in [7, 11) is 0. The molecule has 6 rings (SSSR count). The molecule has 0 aliphatic carbocycles. The molecular formula is C36H43Cs2FN6O10. The zero-order valence-corrected chi connectivity index (χ0v) is 41.3. The normalized spacial score (nSPS) is 10.4. The molecule has 286 valence electrons. The monoisotopic (exact) mass is 1000 g/mol. The number of nitrogens with two attached hydrogens (primary N) is 1. The molecule has 2 aromatic heterocycles. The van der Waals surface area contributed by atoms with Crippen LogP contribution in [0.15, 0.2) is 131 Å². The van der Waals surface area contributed by atoms with E-state index in [0.717, 1.165) is 55.0 Å². The fourth-order valence-corrected chi connectivity index (χ4v) is 4.05. The van der Waals surface area contributed by atoms with E-state index < -0.39 is 15.7 Å². The number of pyridine rings is 2. The first kappa shape index (κ1) is 56.4. The summed E-state index contributed by atoms with van der Waals surface area (Å²) in [5, 5.41) is 28.9. The minimum Gasteiger partial charge on any atom is -1.00 e. The number of rotatable bonds is 5. The molecule has 19 heteroatoms. The second-order valence-electron chi connectivity index (χ2n) is 9.93. The largest absolute Gasteiger partial charge is 1.00 e. The zero-order valence-electron chi connectivity index (χ0n) is 29.8. The molecule has 1 amide bonds. The van der Waals surface area contributed by atoms with E-state index in [-0.39, 0.29) is 190 Å². The van der Waals surface area contributed by atoms with Crippen LogP contribution < -0.4 is 165 Å². The fraction of sp³-hybridized carbons (Fsp3) is 0.167. The Kier molecular flexibility index (Phi) is 33.0. The van der Waals surface area contributed by atoms with E-state index in [1.165, 1.54) is 28.8 Å². The van der Waals surface area contributed by atoms with Crippen molar-refractivity contribution in [1.82, 2.24) is 9.55 Å². The standard InChI is InChI=1S/C11H8N2O3.C11H14N2O.C6H4FNO2.C5H5NO.CH2O3.2CH4.2Cs.H2.H/c14-11-3-1-2-8-12(11)9-4-6-10(7-5-9)13(15)16;12-9-4-6-10(7-5-9)13-8-2-1-3-11(13)14;7-5-1-3-6(4-2-5)8(9)10;7-5-3-1-2-4-6-5;2-1-4-3;;;;;;/h1-8H;4-7H,1-3,8,12H2;1-4H;1-4H,(H,6,7);1,3H;2*1H4;;;1H;/q;;;;;;;2*+1;;-1/p-1. The Morgan fingerprint density at radius 2 is 1.29 bits per heavy atom. The third-order valence-corrected chi connectivity index (χ3v) is 6.45. The maximum Gasteiger partial charge on any atom is 1.00 e. The number of aromatic nitrogens is 2. The van der Waals surface area contributed by atoms with Gasteiger partial charge in [-0.1, -0.05) is 27.0 Å². The quantitative estimate of drug-likeness (QED) is 0.0764. The number of nitrogens with one attached hydrogen (secondary N) is 1. The molecular weight excluding hydrogens is 961 g/mol. The number of nitrogen functional groups attached to an aromatic ring is 1. The maximum absolute atomic E-state index is 12.1. The van der Waals surface area contributed by atoms with Crippen molar-refractivity contribution in [3.05, 3.63) is 168 Å². The van der Waals surface area contributed by atoms with Crippen LogP contribution in [-0.4, -0.2) is 38.3 Å². The van der Waals surface area contributed by atoms with Gasteiger partial charge in [-0.3, -0.25) is 44.0 Å². The SMILES string of the molecule is C.C.Nc1ccc(N2CCCCC2=O)cc1.O=CO[O-].O=[N+]([O-])c1ccc(F)cc1.O=c1cccc[nH]1.O=c1ccccn1-c1ccc([N+](=O)[O-])cc1.[Cs+].[Cs+].[H-].[HH]. The number of H-pyrrole nitrogens is 1. The average Bonchev–Trinajstić information content (AvgIpc) is 3.14. The number of benzene rings is 3. The second-order valence-corrected chi connectivity index (χ2v) is 9.93. The number of nitrogens with zero attached hydrogens (tertiary/aromatic N) is 4. The van der Waals surface area contributed by atoms with Crippen LogP contribution in [0, 0.1) is 26.0 Å². The number of carbonyl (C=O) groups is 2.